The highest BCUT2D eigenvalue weighted by molar-refractivity contribution is 5.59. The number of aromatic nitrogens is 1. The Morgan fingerprint density at radius 1 is 1.44 bits per heavy atom. The first-order valence-electron chi connectivity index (χ1n) is 4.93. The molecule has 86 valence electrons. The van der Waals surface area contributed by atoms with Gasteiger partial charge in [0.25, 0.3) is 0 Å². The molecule has 1 aliphatic carbocycles. The molecule has 1 aromatic heterocycles. The lowest BCUT2D eigenvalue weighted by atomic mass is 10.1. The van der Waals surface area contributed by atoms with Crippen LogP contribution in [-0.2, 0) is 19.1 Å². The molecule has 1 aromatic rings. The lowest BCUT2D eigenvalue weighted by Gasteiger charge is -2.13. The minimum atomic E-state index is -4.30. The van der Waals surface area contributed by atoms with Crippen molar-refractivity contribution in [2.75, 3.05) is 7.05 Å². The number of halogens is 3. The van der Waals surface area contributed by atoms with Crippen LogP contribution in [0.4, 0.5) is 13.2 Å². The predicted octanol–water partition coefficient (Wildman–Crippen LogP) is 2.39. The van der Waals surface area contributed by atoms with Crippen molar-refractivity contribution < 1.29 is 13.2 Å². The van der Waals surface area contributed by atoms with E-state index in [0.29, 0.717) is 24.4 Å². The summed E-state index contributed by atoms with van der Waals surface area (Å²) < 4.78 is 38.4. The number of pyridine rings is 1. The van der Waals surface area contributed by atoms with Crippen LogP contribution in [0.15, 0.2) is 12.1 Å². The molecule has 0 atom stereocenters. The highest BCUT2D eigenvalue weighted by atomic mass is 19.4. The van der Waals surface area contributed by atoms with Crippen LogP contribution in [0.3, 0.4) is 0 Å². The molecule has 0 radical (unpaired) electrons. The van der Waals surface area contributed by atoms with Gasteiger partial charge in [-0.25, -0.2) is 0 Å². The summed E-state index contributed by atoms with van der Waals surface area (Å²) in [6, 6.07) is 1.13. The van der Waals surface area contributed by atoms with Gasteiger partial charge in [0.05, 0.1) is 17.0 Å². The third kappa shape index (κ3) is 1.95. The fourth-order valence-corrected chi connectivity index (χ4v) is 1.81. The number of hydrogen-bond acceptors (Lipinski definition) is 2. The van der Waals surface area contributed by atoms with Gasteiger partial charge >= 0.3 is 6.18 Å². The van der Waals surface area contributed by atoms with Crippen molar-refractivity contribution in [2.45, 2.75) is 19.1 Å². The standard InChI is InChI=1S/C11H11F3N2/c1-15-6-7-5-9(11(12,13)14)8-3-2-4-10(8)16-7/h2,4-5,15H,3,6H2,1H3. The third-order valence-electron chi connectivity index (χ3n) is 2.47. The number of alkyl halides is 3. The maximum atomic E-state index is 12.8. The summed E-state index contributed by atoms with van der Waals surface area (Å²) in [5.41, 5.74) is 0.584. The molecule has 0 amide bonds. The molecule has 16 heavy (non-hydrogen) atoms. The van der Waals surface area contributed by atoms with Crippen molar-refractivity contribution in [1.82, 2.24) is 10.3 Å². The average molecular weight is 228 g/mol. The molecular formula is C11H11F3N2. The van der Waals surface area contributed by atoms with Crippen LogP contribution >= 0.6 is 0 Å². The number of rotatable bonds is 2. The maximum Gasteiger partial charge on any atom is 0.416 e. The van der Waals surface area contributed by atoms with E-state index >= 15 is 0 Å². The molecule has 0 aliphatic heterocycles. The van der Waals surface area contributed by atoms with Gasteiger partial charge in [0.15, 0.2) is 0 Å². The van der Waals surface area contributed by atoms with E-state index in [-0.39, 0.29) is 5.56 Å². The quantitative estimate of drug-likeness (QED) is 0.840. The number of fused-ring (bicyclic) bond motifs is 1. The molecule has 0 saturated heterocycles. The Labute approximate surface area is 91.2 Å². The van der Waals surface area contributed by atoms with Crippen molar-refractivity contribution in [3.63, 3.8) is 0 Å². The van der Waals surface area contributed by atoms with Crippen molar-refractivity contribution in [2.24, 2.45) is 0 Å². The molecule has 0 aromatic carbocycles. The van der Waals surface area contributed by atoms with Crippen LogP contribution in [0.5, 0.6) is 0 Å². The van der Waals surface area contributed by atoms with Gasteiger partial charge in [-0.3, -0.25) is 4.98 Å². The van der Waals surface area contributed by atoms with Gasteiger partial charge in [-0.15, -0.1) is 0 Å². The number of nitrogens with zero attached hydrogens (tertiary/aromatic N) is 1. The molecule has 2 nitrogen and oxygen atoms in total. The minimum absolute atomic E-state index is 0.285. The van der Waals surface area contributed by atoms with Gasteiger partial charge < -0.3 is 5.32 Å². The van der Waals surface area contributed by atoms with Gasteiger partial charge in [-0.1, -0.05) is 6.08 Å². The molecule has 5 heteroatoms. The summed E-state index contributed by atoms with van der Waals surface area (Å²) in [7, 11) is 1.68. The van der Waals surface area contributed by atoms with E-state index in [2.05, 4.69) is 10.3 Å². The summed E-state index contributed by atoms with van der Waals surface area (Å²) in [4.78, 5) is 4.17. The lowest BCUT2D eigenvalue weighted by Crippen LogP contribution is -2.14. The summed E-state index contributed by atoms with van der Waals surface area (Å²) in [6.07, 6.45) is -0.641. The molecule has 0 spiro atoms. The first-order chi connectivity index (χ1) is 7.52. The molecule has 0 saturated carbocycles. The van der Waals surface area contributed by atoms with E-state index < -0.39 is 11.7 Å². The molecule has 0 unspecified atom stereocenters. The highest BCUT2D eigenvalue weighted by Crippen LogP contribution is 2.35. The van der Waals surface area contributed by atoms with E-state index in [1.54, 1.807) is 19.2 Å². The maximum absolute atomic E-state index is 12.8. The highest BCUT2D eigenvalue weighted by Gasteiger charge is 2.35. The van der Waals surface area contributed by atoms with E-state index in [4.69, 9.17) is 0 Å². The lowest BCUT2D eigenvalue weighted by molar-refractivity contribution is -0.138. The summed E-state index contributed by atoms with van der Waals surface area (Å²) in [5, 5.41) is 2.80. The molecule has 0 fully saturated rings. The average Bonchev–Trinajstić information content (AvgIpc) is 2.63. The van der Waals surface area contributed by atoms with Crippen LogP contribution in [0.1, 0.15) is 22.5 Å². The normalized spacial score (nSPS) is 14.2. The largest absolute Gasteiger partial charge is 0.416 e. The Balaban J connectivity index is 2.52. The Kier molecular flexibility index (Phi) is 2.71. The Bertz CT molecular complexity index is 436. The topological polar surface area (TPSA) is 24.9 Å². The zero-order valence-electron chi connectivity index (χ0n) is 8.73. The summed E-state index contributed by atoms with van der Waals surface area (Å²) in [6.45, 7) is 0.337. The predicted molar refractivity (Wildman–Crippen MR) is 54.7 cm³/mol. The second-order valence-electron chi connectivity index (χ2n) is 3.66. The first kappa shape index (κ1) is 11.1. The van der Waals surface area contributed by atoms with E-state index in [1.807, 2.05) is 0 Å². The van der Waals surface area contributed by atoms with Crippen LogP contribution in [-0.4, -0.2) is 12.0 Å². The van der Waals surface area contributed by atoms with Gasteiger partial charge in [-0.2, -0.15) is 13.2 Å². The van der Waals surface area contributed by atoms with Crippen molar-refractivity contribution in [3.05, 3.63) is 34.7 Å². The zero-order valence-corrected chi connectivity index (χ0v) is 8.73. The Morgan fingerprint density at radius 3 is 2.81 bits per heavy atom. The van der Waals surface area contributed by atoms with Gasteiger partial charge in [-0.05, 0) is 31.2 Å². The second-order valence-corrected chi connectivity index (χ2v) is 3.66. The van der Waals surface area contributed by atoms with Crippen LogP contribution in [0.25, 0.3) is 6.08 Å². The smallest absolute Gasteiger partial charge is 0.314 e. The summed E-state index contributed by atoms with van der Waals surface area (Å²) in [5.74, 6) is 0. The molecule has 1 heterocycles. The first-order valence-corrected chi connectivity index (χ1v) is 4.93. The number of nitrogens with one attached hydrogen (secondary N) is 1. The van der Waals surface area contributed by atoms with Crippen LogP contribution in [0.2, 0.25) is 0 Å². The van der Waals surface area contributed by atoms with Gasteiger partial charge in [0, 0.05) is 6.54 Å². The van der Waals surface area contributed by atoms with E-state index in [1.165, 1.54) is 0 Å². The van der Waals surface area contributed by atoms with E-state index in [9.17, 15) is 13.2 Å². The SMILES string of the molecule is CNCc1cc(C(F)(F)F)c2c(n1)C=CC2. The molecule has 0 bridgehead atoms. The van der Waals surface area contributed by atoms with Crippen molar-refractivity contribution >= 4 is 6.08 Å². The zero-order chi connectivity index (χ0) is 11.8. The molecule has 2 rings (SSSR count). The number of allylic oxidation sites excluding steroid dienone is 1. The summed E-state index contributed by atoms with van der Waals surface area (Å²) >= 11 is 0. The Hall–Kier alpha value is -1.36. The molecular weight excluding hydrogens is 217 g/mol. The number of hydrogen-bond donors (Lipinski definition) is 1. The Morgan fingerprint density at radius 2 is 2.19 bits per heavy atom. The minimum Gasteiger partial charge on any atom is -0.314 e. The monoisotopic (exact) mass is 228 g/mol. The van der Waals surface area contributed by atoms with E-state index in [0.717, 1.165) is 6.07 Å². The molecule has 1 aliphatic rings. The van der Waals surface area contributed by atoms with Gasteiger partial charge in [0.2, 0.25) is 0 Å². The molecule has 1 N–H and O–H groups in total. The fraction of sp³-hybridized carbons (Fsp3) is 0.364. The fourth-order valence-electron chi connectivity index (χ4n) is 1.81. The van der Waals surface area contributed by atoms with Gasteiger partial charge in [0.1, 0.15) is 0 Å². The van der Waals surface area contributed by atoms with Crippen molar-refractivity contribution in [3.8, 4) is 0 Å². The second kappa shape index (κ2) is 3.90. The van der Waals surface area contributed by atoms with Crippen molar-refractivity contribution in [1.29, 1.82) is 0 Å². The van der Waals surface area contributed by atoms with Crippen LogP contribution in [0, 0.1) is 0 Å². The van der Waals surface area contributed by atoms with Crippen LogP contribution < -0.4 is 5.32 Å². The third-order valence-corrected chi connectivity index (χ3v) is 2.47.